The van der Waals surface area contributed by atoms with Crippen molar-refractivity contribution in [1.29, 1.82) is 0 Å². The molecule has 0 saturated heterocycles. The van der Waals surface area contributed by atoms with E-state index in [1.807, 2.05) is 6.92 Å². The molecule has 2 nitrogen and oxygen atoms in total. The van der Waals surface area contributed by atoms with Crippen LogP contribution in [0.1, 0.15) is 79.1 Å². The van der Waals surface area contributed by atoms with E-state index in [-0.39, 0.29) is 11.5 Å². The predicted molar refractivity (Wildman–Crippen MR) is 88.4 cm³/mol. The van der Waals surface area contributed by atoms with Gasteiger partial charge in [0.1, 0.15) is 0 Å². The Labute approximate surface area is 135 Å². The Hall–Kier alpha value is -0.0800. The fourth-order valence-corrected chi connectivity index (χ4v) is 7.91. The number of rotatable bonds is 0. The Balaban J connectivity index is 1.78. The lowest BCUT2D eigenvalue weighted by Gasteiger charge is -2.71. The summed E-state index contributed by atoms with van der Waals surface area (Å²) in [4.78, 5) is 0. The van der Waals surface area contributed by atoms with Crippen LogP contribution in [0.5, 0.6) is 0 Å². The van der Waals surface area contributed by atoms with E-state index in [4.69, 9.17) is 0 Å². The van der Waals surface area contributed by atoms with Gasteiger partial charge in [-0.2, -0.15) is 0 Å². The van der Waals surface area contributed by atoms with Gasteiger partial charge in [-0.3, -0.25) is 0 Å². The summed E-state index contributed by atoms with van der Waals surface area (Å²) < 4.78 is 0. The number of aliphatic hydroxyl groups is 2. The van der Waals surface area contributed by atoms with Gasteiger partial charge in [-0.05, 0) is 80.5 Å². The Morgan fingerprint density at radius 2 is 1.64 bits per heavy atom. The predicted octanol–water partition coefficient (Wildman–Crippen LogP) is 4.14. The van der Waals surface area contributed by atoms with E-state index in [0.29, 0.717) is 28.6 Å². The average molecular weight is 306 g/mol. The molecule has 5 aliphatic carbocycles. The molecule has 5 rings (SSSR count). The normalized spacial score (nSPS) is 59.7. The zero-order valence-electron chi connectivity index (χ0n) is 14.9. The minimum absolute atomic E-state index is 0.00306. The zero-order valence-corrected chi connectivity index (χ0v) is 14.9. The highest BCUT2D eigenvalue weighted by atomic mass is 16.3. The standard InChI is InChI=1S/C20H34O2/c1-17(2)7-5-8-18(3)14(17)11-16(21)20-9-6-13(10-15(18)20)19(4,22)12-20/h13-16,21-22H,5-12H2,1-4H3/t13-,14+,15-,16-,18+,19-,20+/m0/s1. The van der Waals surface area contributed by atoms with Gasteiger partial charge in [-0.1, -0.05) is 27.2 Å². The second-order valence-corrected chi connectivity index (χ2v) is 10.4. The molecule has 2 heteroatoms. The first kappa shape index (κ1) is 15.4. The molecule has 1 spiro atoms. The van der Waals surface area contributed by atoms with Crippen molar-refractivity contribution in [3.8, 4) is 0 Å². The van der Waals surface area contributed by atoms with Crippen LogP contribution in [-0.4, -0.2) is 21.9 Å². The SMILES string of the molecule is CC1(C)CCC[C@]2(C)[C@@H]1C[C@H](O)[C@@]13CC[C@@H](C[C@@H]21)[C@@](C)(O)C3. The van der Waals surface area contributed by atoms with Crippen molar-refractivity contribution in [2.24, 2.45) is 34.0 Å². The van der Waals surface area contributed by atoms with E-state index >= 15 is 0 Å². The molecule has 0 amide bonds. The van der Waals surface area contributed by atoms with Crippen LogP contribution in [0.4, 0.5) is 0 Å². The highest BCUT2D eigenvalue weighted by Crippen LogP contribution is 2.72. The molecule has 5 saturated carbocycles. The lowest BCUT2D eigenvalue weighted by molar-refractivity contribution is -0.267. The molecule has 0 aliphatic heterocycles. The van der Waals surface area contributed by atoms with Crippen LogP contribution in [-0.2, 0) is 0 Å². The lowest BCUT2D eigenvalue weighted by Crippen LogP contribution is -2.68. The van der Waals surface area contributed by atoms with Crippen LogP contribution in [0.25, 0.3) is 0 Å². The third-order valence-electron chi connectivity index (χ3n) is 8.93. The first-order chi connectivity index (χ1) is 10.1. The van der Waals surface area contributed by atoms with Crippen molar-refractivity contribution in [3.05, 3.63) is 0 Å². The van der Waals surface area contributed by atoms with Crippen LogP contribution >= 0.6 is 0 Å². The number of aliphatic hydroxyl groups excluding tert-OH is 1. The van der Waals surface area contributed by atoms with E-state index in [2.05, 4.69) is 20.8 Å². The van der Waals surface area contributed by atoms with Gasteiger partial charge in [-0.15, -0.1) is 0 Å². The summed E-state index contributed by atoms with van der Waals surface area (Å²) >= 11 is 0. The molecule has 2 bridgehead atoms. The van der Waals surface area contributed by atoms with Gasteiger partial charge in [0.25, 0.3) is 0 Å². The quantitative estimate of drug-likeness (QED) is 0.706. The Kier molecular flexibility index (Phi) is 3.02. The van der Waals surface area contributed by atoms with Crippen molar-refractivity contribution in [3.63, 3.8) is 0 Å². The maximum absolute atomic E-state index is 11.2. The van der Waals surface area contributed by atoms with E-state index in [0.717, 1.165) is 32.1 Å². The highest BCUT2D eigenvalue weighted by molar-refractivity contribution is 5.18. The second-order valence-electron chi connectivity index (χ2n) is 10.4. The van der Waals surface area contributed by atoms with Crippen LogP contribution < -0.4 is 0 Å². The zero-order chi connectivity index (χ0) is 16.0. The molecule has 0 aromatic carbocycles. The summed E-state index contributed by atoms with van der Waals surface area (Å²) in [6, 6.07) is 0. The minimum Gasteiger partial charge on any atom is -0.393 e. The van der Waals surface area contributed by atoms with Gasteiger partial charge in [0.05, 0.1) is 11.7 Å². The van der Waals surface area contributed by atoms with Gasteiger partial charge in [0.15, 0.2) is 0 Å². The van der Waals surface area contributed by atoms with Gasteiger partial charge >= 0.3 is 0 Å². The lowest BCUT2D eigenvalue weighted by atomic mass is 9.35. The van der Waals surface area contributed by atoms with Crippen LogP contribution in [0, 0.1) is 34.0 Å². The molecule has 126 valence electrons. The van der Waals surface area contributed by atoms with Crippen molar-refractivity contribution in [2.75, 3.05) is 0 Å². The van der Waals surface area contributed by atoms with Crippen molar-refractivity contribution in [2.45, 2.75) is 90.8 Å². The van der Waals surface area contributed by atoms with Crippen molar-refractivity contribution >= 4 is 0 Å². The fourth-order valence-electron chi connectivity index (χ4n) is 7.91. The molecule has 0 unspecified atom stereocenters. The van der Waals surface area contributed by atoms with Gasteiger partial charge in [-0.25, -0.2) is 0 Å². The summed E-state index contributed by atoms with van der Waals surface area (Å²) in [5.74, 6) is 1.71. The number of fused-ring (bicyclic) bond motifs is 3. The number of hydrogen-bond acceptors (Lipinski definition) is 2. The Morgan fingerprint density at radius 1 is 0.909 bits per heavy atom. The van der Waals surface area contributed by atoms with Crippen molar-refractivity contribution in [1.82, 2.24) is 0 Å². The topological polar surface area (TPSA) is 40.5 Å². The molecule has 5 aliphatic rings. The minimum atomic E-state index is -0.552. The van der Waals surface area contributed by atoms with Crippen molar-refractivity contribution < 1.29 is 10.2 Å². The molecular formula is C20H34O2. The third kappa shape index (κ3) is 1.75. The van der Waals surface area contributed by atoms with E-state index in [1.54, 1.807) is 0 Å². The largest absolute Gasteiger partial charge is 0.393 e. The maximum atomic E-state index is 11.2. The van der Waals surface area contributed by atoms with Crippen LogP contribution in [0.2, 0.25) is 0 Å². The van der Waals surface area contributed by atoms with E-state index < -0.39 is 5.60 Å². The van der Waals surface area contributed by atoms with Crippen LogP contribution in [0.15, 0.2) is 0 Å². The average Bonchev–Trinajstić information content (AvgIpc) is 2.40. The Bertz CT molecular complexity index is 482. The second kappa shape index (κ2) is 4.30. The monoisotopic (exact) mass is 306 g/mol. The molecule has 22 heavy (non-hydrogen) atoms. The molecule has 5 fully saturated rings. The summed E-state index contributed by atoms with van der Waals surface area (Å²) in [5, 5.41) is 22.1. The first-order valence-electron chi connectivity index (χ1n) is 9.52. The number of hydrogen-bond donors (Lipinski definition) is 2. The molecule has 2 N–H and O–H groups in total. The molecular weight excluding hydrogens is 272 g/mol. The summed E-state index contributed by atoms with van der Waals surface area (Å²) in [6.07, 6.45) is 8.96. The smallest absolute Gasteiger partial charge is 0.0654 e. The van der Waals surface area contributed by atoms with Gasteiger partial charge in [0.2, 0.25) is 0 Å². The Morgan fingerprint density at radius 3 is 2.32 bits per heavy atom. The van der Waals surface area contributed by atoms with Gasteiger partial charge in [0, 0.05) is 5.41 Å². The van der Waals surface area contributed by atoms with Gasteiger partial charge < -0.3 is 10.2 Å². The van der Waals surface area contributed by atoms with E-state index in [1.165, 1.54) is 19.3 Å². The summed E-state index contributed by atoms with van der Waals surface area (Å²) in [6.45, 7) is 9.42. The molecule has 0 aromatic rings. The maximum Gasteiger partial charge on any atom is 0.0654 e. The van der Waals surface area contributed by atoms with E-state index in [9.17, 15) is 10.2 Å². The fraction of sp³-hybridized carbons (Fsp3) is 1.00. The summed E-state index contributed by atoms with van der Waals surface area (Å²) in [7, 11) is 0. The molecule has 0 heterocycles. The molecule has 0 aromatic heterocycles. The highest BCUT2D eigenvalue weighted by Gasteiger charge is 2.68. The molecule has 0 radical (unpaired) electrons. The third-order valence-corrected chi connectivity index (χ3v) is 8.93. The first-order valence-corrected chi connectivity index (χ1v) is 9.52. The molecule has 7 atom stereocenters. The summed E-state index contributed by atoms with van der Waals surface area (Å²) in [5.41, 5.74) is 0.172. The van der Waals surface area contributed by atoms with Crippen LogP contribution in [0.3, 0.4) is 0 Å².